The summed E-state index contributed by atoms with van der Waals surface area (Å²) >= 11 is 0. The molecule has 13 heteroatoms. The standard InChI is InChI=1S/C16H15F2O7PS.2K/c17-14-8-7-13(10-15(14)18)24-12-5-1-3-11(9-12)4-2-6-16(25-26(19)20)27(21,22)23;;/h1,3,5,7-10,16H,2,4,6H2,(H,21,22,23);;/q;2*+1/p-1. The molecule has 0 saturated heterocycles. The van der Waals surface area contributed by atoms with Crippen molar-refractivity contribution in [3.05, 3.63) is 59.7 Å². The minimum absolute atomic E-state index is 0. The molecule has 2 unspecified atom stereocenters. The molecule has 2 atom stereocenters. The van der Waals surface area contributed by atoms with Crippen molar-refractivity contribution in [2.24, 2.45) is 0 Å². The average molecular weight is 498 g/mol. The second-order valence-electron chi connectivity index (χ2n) is 5.47. The van der Waals surface area contributed by atoms with E-state index in [2.05, 4.69) is 4.52 Å². The quantitative estimate of drug-likeness (QED) is 0.206. The average Bonchev–Trinajstić information content (AvgIpc) is 2.56. The minimum Gasteiger partial charge on any atom is -0.746 e. The zero-order chi connectivity index (χ0) is 20.0. The number of benzene rings is 2. The van der Waals surface area contributed by atoms with Crippen LogP contribution in [0.3, 0.4) is 0 Å². The molecule has 0 saturated carbocycles. The number of ether oxygens (including phenoxy) is 1. The van der Waals surface area contributed by atoms with Crippen molar-refractivity contribution in [1.82, 2.24) is 0 Å². The molecule has 146 valence electrons. The summed E-state index contributed by atoms with van der Waals surface area (Å²) in [7, 11) is -8.39. The van der Waals surface area contributed by atoms with Gasteiger partial charge in [-0.05, 0) is 53.7 Å². The van der Waals surface area contributed by atoms with Crippen LogP contribution in [0.4, 0.5) is 8.78 Å². The Morgan fingerprint density at radius 2 is 1.69 bits per heavy atom. The van der Waals surface area contributed by atoms with Gasteiger partial charge in [0.05, 0.1) is 0 Å². The van der Waals surface area contributed by atoms with Crippen molar-refractivity contribution in [2.45, 2.75) is 24.7 Å². The van der Waals surface area contributed by atoms with E-state index in [0.717, 1.165) is 12.1 Å². The molecule has 0 aliphatic carbocycles. The van der Waals surface area contributed by atoms with E-state index in [1.807, 2.05) is 0 Å². The second kappa shape index (κ2) is 14.5. The third kappa shape index (κ3) is 11.1. The van der Waals surface area contributed by atoms with Gasteiger partial charge in [-0.1, -0.05) is 12.1 Å². The van der Waals surface area contributed by atoms with Gasteiger partial charge in [0.15, 0.2) is 11.6 Å². The van der Waals surface area contributed by atoms with Gasteiger partial charge in [-0.2, -0.15) is 0 Å². The summed E-state index contributed by atoms with van der Waals surface area (Å²) in [6, 6.07) is 9.60. The molecule has 2 rings (SSSR count). The minimum atomic E-state index is -4.92. The van der Waals surface area contributed by atoms with Gasteiger partial charge in [0.2, 0.25) is 5.44 Å². The Kier molecular flexibility index (Phi) is 15.1. The van der Waals surface area contributed by atoms with Crippen LogP contribution in [0.5, 0.6) is 11.5 Å². The van der Waals surface area contributed by atoms with E-state index in [-0.39, 0.29) is 121 Å². The first-order valence-corrected chi connectivity index (χ1v) is 10.2. The smallest absolute Gasteiger partial charge is 0.746 e. The molecule has 2 aromatic rings. The maximum atomic E-state index is 13.2. The van der Waals surface area contributed by atoms with Crippen LogP contribution in [-0.2, 0) is 25.6 Å². The third-order valence-corrected chi connectivity index (χ3v) is 5.00. The number of hydrogen-bond acceptors (Lipinski definition) is 7. The van der Waals surface area contributed by atoms with Crippen LogP contribution in [-0.4, -0.2) is 18.4 Å². The molecular weight excluding hydrogens is 483 g/mol. The zero-order valence-corrected chi connectivity index (χ0v) is 23.7. The fourth-order valence-corrected chi connectivity index (χ4v) is 3.64. The van der Waals surface area contributed by atoms with Crippen molar-refractivity contribution in [3.63, 3.8) is 0 Å². The molecule has 0 aliphatic rings. The summed E-state index contributed by atoms with van der Waals surface area (Å²) in [4.78, 5) is 10.5. The Hall–Kier alpha value is 1.30. The Morgan fingerprint density at radius 3 is 2.28 bits per heavy atom. The van der Waals surface area contributed by atoms with Gasteiger partial charge in [-0.15, -0.1) is 4.52 Å². The van der Waals surface area contributed by atoms with Crippen LogP contribution in [0.1, 0.15) is 18.4 Å². The zero-order valence-electron chi connectivity index (χ0n) is 15.7. The molecule has 0 heterocycles. The van der Waals surface area contributed by atoms with Crippen LogP contribution in [0.2, 0.25) is 0 Å². The molecule has 2 aromatic carbocycles. The van der Waals surface area contributed by atoms with Crippen LogP contribution in [0.25, 0.3) is 0 Å². The molecule has 29 heavy (non-hydrogen) atoms. The largest absolute Gasteiger partial charge is 1.00 e. The van der Waals surface area contributed by atoms with Crippen LogP contribution in [0, 0.1) is 11.6 Å². The van der Waals surface area contributed by atoms with Crippen molar-refractivity contribution in [2.75, 3.05) is 0 Å². The van der Waals surface area contributed by atoms with Gasteiger partial charge in [0.1, 0.15) is 21.6 Å². The molecule has 0 aromatic heterocycles. The Bertz CT molecular complexity index is 931. The molecular formula is C16H14F2K2O7PS+. The normalized spacial score (nSPS) is 12.3. The van der Waals surface area contributed by atoms with Gasteiger partial charge in [0.25, 0.3) is 0 Å². The summed E-state index contributed by atoms with van der Waals surface area (Å²) in [5.41, 5.74) is -1.27. The third-order valence-electron chi connectivity index (χ3n) is 3.46. The van der Waals surface area contributed by atoms with Gasteiger partial charge < -0.3 is 14.2 Å². The van der Waals surface area contributed by atoms with Crippen molar-refractivity contribution >= 4 is 18.4 Å². The van der Waals surface area contributed by atoms with Gasteiger partial charge in [-0.3, -0.25) is 0 Å². The fraction of sp³-hybridized carbons (Fsp3) is 0.250. The summed E-state index contributed by atoms with van der Waals surface area (Å²) in [5.74, 6) is -1.62. The van der Waals surface area contributed by atoms with E-state index in [0.29, 0.717) is 17.7 Å². The van der Waals surface area contributed by atoms with Gasteiger partial charge >= 0.3 is 111 Å². The summed E-state index contributed by atoms with van der Waals surface area (Å²) in [6.45, 7) is 0. The SMILES string of the molecule is O=[P+]([O-])OC(CCCc1cccc(Oc2ccc(F)c(F)c2)c1)S(=O)(=O)[O-].[K+].[K+]. The Labute approximate surface area is 253 Å². The predicted octanol–water partition coefficient (Wildman–Crippen LogP) is -3.01. The summed E-state index contributed by atoms with van der Waals surface area (Å²) < 4.78 is 79.2. The first-order valence-electron chi connectivity index (χ1n) is 7.63. The molecule has 0 radical (unpaired) electrons. The van der Waals surface area contributed by atoms with E-state index < -0.39 is 35.4 Å². The monoisotopic (exact) mass is 497 g/mol. The Morgan fingerprint density at radius 1 is 1.03 bits per heavy atom. The molecule has 0 aliphatic heterocycles. The molecule has 0 N–H and O–H groups in total. The second-order valence-corrected chi connectivity index (χ2v) is 7.64. The number of halogens is 2. The molecule has 0 amide bonds. The maximum Gasteiger partial charge on any atom is 1.00 e. The van der Waals surface area contributed by atoms with Crippen LogP contribution < -0.4 is 112 Å². The van der Waals surface area contributed by atoms with Crippen molar-refractivity contribution < 1.29 is 143 Å². The Balaban J connectivity index is 0.00000392. The van der Waals surface area contributed by atoms with E-state index in [9.17, 15) is 31.2 Å². The first-order chi connectivity index (χ1) is 12.6. The number of hydrogen-bond donors (Lipinski definition) is 0. The topological polar surface area (TPSA) is 116 Å². The molecule has 0 bridgehead atoms. The van der Waals surface area contributed by atoms with E-state index in [1.165, 1.54) is 6.07 Å². The predicted molar refractivity (Wildman–Crippen MR) is 88.0 cm³/mol. The molecule has 0 spiro atoms. The van der Waals surface area contributed by atoms with Crippen molar-refractivity contribution in [1.29, 1.82) is 0 Å². The maximum absolute atomic E-state index is 13.2. The van der Waals surface area contributed by atoms with E-state index in [1.54, 1.807) is 24.3 Å². The first kappa shape index (κ1) is 30.3. The fourth-order valence-electron chi connectivity index (χ4n) is 2.26. The summed E-state index contributed by atoms with van der Waals surface area (Å²) in [5, 5.41) is 0. The van der Waals surface area contributed by atoms with E-state index >= 15 is 0 Å². The van der Waals surface area contributed by atoms with Gasteiger partial charge in [-0.25, -0.2) is 17.2 Å². The summed E-state index contributed by atoms with van der Waals surface area (Å²) in [6.07, 6.45) is 0.160. The van der Waals surface area contributed by atoms with Crippen molar-refractivity contribution in [3.8, 4) is 11.5 Å². The number of aryl methyl sites for hydroxylation is 1. The van der Waals surface area contributed by atoms with E-state index in [4.69, 9.17) is 4.74 Å². The van der Waals surface area contributed by atoms with Crippen LogP contribution in [0.15, 0.2) is 42.5 Å². The molecule has 7 nitrogen and oxygen atoms in total. The number of rotatable bonds is 9. The molecule has 0 fully saturated rings. The van der Waals surface area contributed by atoms with Crippen LogP contribution >= 0.6 is 8.25 Å². The van der Waals surface area contributed by atoms with Gasteiger partial charge in [0, 0.05) is 6.07 Å².